The number of nitrogens with zero attached hydrogens (tertiary/aromatic N) is 7. The highest BCUT2D eigenvalue weighted by Crippen LogP contribution is 2.47. The van der Waals surface area contributed by atoms with E-state index in [9.17, 15) is 59.2 Å². The average Bonchev–Trinajstić information content (AvgIpc) is 3.15. The van der Waals surface area contributed by atoms with Crippen LogP contribution >= 0.6 is 0 Å². The second kappa shape index (κ2) is 15.1. The molecule has 0 saturated heterocycles. The van der Waals surface area contributed by atoms with Crippen molar-refractivity contribution >= 4 is 97.4 Å². The number of nitrogen functional groups attached to an aromatic ring is 1. The Hall–Kier alpha value is -7.03. The van der Waals surface area contributed by atoms with Gasteiger partial charge in [0.25, 0.3) is 36.0 Å². The van der Waals surface area contributed by atoms with Crippen LogP contribution < -0.4 is 10.5 Å². The number of benzene rings is 6. The topological polar surface area (TPSA) is 356 Å². The van der Waals surface area contributed by atoms with Gasteiger partial charge in [0, 0.05) is 17.5 Å². The summed E-state index contributed by atoms with van der Waals surface area (Å²) < 4.78 is 108. The first-order valence-electron chi connectivity index (χ1n) is 15.7. The number of nitrogens with two attached hydrogens (primary N) is 1. The zero-order valence-corrected chi connectivity index (χ0v) is 31.4. The summed E-state index contributed by atoms with van der Waals surface area (Å²) in [5.41, 5.74) is 2.87. The fourth-order valence-electron chi connectivity index (χ4n) is 5.40. The van der Waals surface area contributed by atoms with Crippen LogP contribution in [0.25, 0.3) is 21.5 Å². The van der Waals surface area contributed by atoms with Crippen molar-refractivity contribution in [2.24, 2.45) is 30.7 Å². The van der Waals surface area contributed by atoms with Crippen molar-refractivity contribution in [3.63, 3.8) is 0 Å². The Balaban J connectivity index is 1.45. The van der Waals surface area contributed by atoms with Gasteiger partial charge in [0.1, 0.15) is 43.2 Å². The number of aromatic hydroxyl groups is 2. The highest BCUT2D eigenvalue weighted by atomic mass is 32.2. The van der Waals surface area contributed by atoms with Gasteiger partial charge in [-0.25, -0.2) is 0 Å². The average molecular weight is 853 g/mol. The van der Waals surface area contributed by atoms with E-state index < -0.39 is 95.6 Å². The van der Waals surface area contributed by atoms with Crippen LogP contribution in [0.1, 0.15) is 0 Å². The summed E-state index contributed by atoms with van der Waals surface area (Å²) in [6, 6.07) is 16.3. The largest absolute Gasteiger partial charge is 0.505 e. The molecule has 6 aromatic carbocycles. The van der Waals surface area contributed by atoms with Crippen LogP contribution in [-0.4, -0.2) is 61.2 Å². The summed E-state index contributed by atoms with van der Waals surface area (Å²) in [4.78, 5) is 7.60. The van der Waals surface area contributed by atoms with E-state index in [1.165, 1.54) is 43.5 Å². The molecule has 0 amide bonds. The molecule has 0 aliphatic rings. The third kappa shape index (κ3) is 8.24. The fourth-order valence-corrected chi connectivity index (χ4v) is 7.37. The maximum atomic E-state index is 12.5. The summed E-state index contributed by atoms with van der Waals surface area (Å²) in [6.07, 6.45) is 0. The molecule has 0 atom stereocenters. The van der Waals surface area contributed by atoms with Gasteiger partial charge in [0.2, 0.25) is 0 Å². The van der Waals surface area contributed by atoms with Gasteiger partial charge < -0.3 is 20.7 Å². The molecule has 6 aromatic rings. The van der Waals surface area contributed by atoms with Crippen LogP contribution in [0.3, 0.4) is 0 Å². The van der Waals surface area contributed by atoms with Crippen molar-refractivity contribution in [2.75, 3.05) is 12.8 Å². The molecule has 0 aliphatic carbocycles. The number of nitro benzene ring substituents is 1. The van der Waals surface area contributed by atoms with Gasteiger partial charge in [-0.05, 0) is 71.4 Å². The molecule has 298 valence electrons. The van der Waals surface area contributed by atoms with E-state index in [1.54, 1.807) is 12.1 Å². The maximum Gasteiger partial charge on any atom is 0.297 e. The van der Waals surface area contributed by atoms with Crippen LogP contribution in [-0.2, 0) is 30.4 Å². The molecule has 0 aromatic heterocycles. The number of non-ortho nitro benzene ring substituents is 1. The summed E-state index contributed by atoms with van der Waals surface area (Å²) in [6.45, 7) is 0. The van der Waals surface area contributed by atoms with Crippen molar-refractivity contribution in [2.45, 2.75) is 14.7 Å². The minimum absolute atomic E-state index is 0.0698. The fraction of sp³-hybridized carbons (Fsp3) is 0.0303. The Kier molecular flexibility index (Phi) is 10.6. The number of nitro groups is 1. The van der Waals surface area contributed by atoms with Gasteiger partial charge in [-0.3, -0.25) is 23.8 Å². The third-order valence-electron chi connectivity index (χ3n) is 8.13. The van der Waals surface area contributed by atoms with E-state index in [0.717, 1.165) is 30.3 Å². The lowest BCUT2D eigenvalue weighted by atomic mass is 10.1. The Labute approximate surface area is 325 Å². The lowest BCUT2D eigenvalue weighted by Gasteiger charge is -2.12. The van der Waals surface area contributed by atoms with Crippen LogP contribution in [0.15, 0.2) is 130 Å². The number of rotatable bonds is 11. The smallest absolute Gasteiger partial charge is 0.297 e. The van der Waals surface area contributed by atoms with Gasteiger partial charge in [-0.2, -0.15) is 35.5 Å². The molecular weight excluding hydrogens is 829 g/mol. The van der Waals surface area contributed by atoms with E-state index in [2.05, 4.69) is 30.7 Å². The first-order valence-corrected chi connectivity index (χ1v) is 20.0. The highest BCUT2D eigenvalue weighted by molar-refractivity contribution is 7.86. The molecule has 0 bridgehead atoms. The Bertz CT molecular complexity index is 3140. The molecular formula is C33H24N8O14S3. The Morgan fingerprint density at radius 3 is 1.76 bits per heavy atom. The second-order valence-electron chi connectivity index (χ2n) is 11.8. The molecule has 0 unspecified atom stereocenters. The molecule has 58 heavy (non-hydrogen) atoms. The molecule has 0 heterocycles. The summed E-state index contributed by atoms with van der Waals surface area (Å²) >= 11 is 0. The van der Waals surface area contributed by atoms with Gasteiger partial charge in [-0.1, -0.05) is 12.1 Å². The van der Waals surface area contributed by atoms with Crippen LogP contribution in [0.4, 0.5) is 45.5 Å². The molecule has 0 saturated carbocycles. The number of phenols is 2. The minimum atomic E-state index is -5.08. The lowest BCUT2D eigenvalue weighted by molar-refractivity contribution is -0.385. The first-order chi connectivity index (χ1) is 27.2. The SMILES string of the molecule is COc1ccc(N=Nc2c(S(=O)(=O)O)cc3ccc(N=Nc4c(S(=O)(=O)O)cc5ccc(N=Nc6ccc([N+](=O)[O-])cc6S(=O)(=O)O)c(O)c5c4N)cc3c2O)cc1. The van der Waals surface area contributed by atoms with E-state index in [1.807, 2.05) is 0 Å². The number of anilines is 1. The number of hydrogen-bond acceptors (Lipinski definition) is 18. The number of hydrogen-bond donors (Lipinski definition) is 6. The van der Waals surface area contributed by atoms with Gasteiger partial charge in [-0.15, -0.1) is 20.5 Å². The van der Waals surface area contributed by atoms with E-state index in [4.69, 9.17) is 10.5 Å². The van der Waals surface area contributed by atoms with E-state index in [-0.39, 0.29) is 32.9 Å². The Morgan fingerprint density at radius 1 is 0.603 bits per heavy atom. The molecule has 22 nitrogen and oxygen atoms in total. The summed E-state index contributed by atoms with van der Waals surface area (Å²) in [5, 5.41) is 56.2. The number of azo groups is 3. The zero-order valence-electron chi connectivity index (χ0n) is 28.9. The number of ether oxygens (including phenoxy) is 1. The molecule has 25 heteroatoms. The highest BCUT2D eigenvalue weighted by Gasteiger charge is 2.25. The molecule has 0 fully saturated rings. The van der Waals surface area contributed by atoms with E-state index in [0.29, 0.717) is 11.8 Å². The van der Waals surface area contributed by atoms with Gasteiger partial charge in [0.15, 0.2) is 11.5 Å². The third-order valence-corrected chi connectivity index (χ3v) is 10.7. The monoisotopic (exact) mass is 852 g/mol. The van der Waals surface area contributed by atoms with Crippen LogP contribution in [0, 0.1) is 10.1 Å². The Morgan fingerprint density at radius 2 is 1.14 bits per heavy atom. The van der Waals surface area contributed by atoms with Crippen LogP contribution in [0.5, 0.6) is 17.2 Å². The quantitative estimate of drug-likeness (QED) is 0.0237. The molecule has 0 spiro atoms. The predicted molar refractivity (Wildman–Crippen MR) is 204 cm³/mol. The van der Waals surface area contributed by atoms with Crippen molar-refractivity contribution in [3.05, 3.63) is 95.0 Å². The summed E-state index contributed by atoms with van der Waals surface area (Å²) in [5.74, 6) is -1.02. The number of phenolic OH excluding ortho intramolecular Hbond substituents is 2. The van der Waals surface area contributed by atoms with Gasteiger partial charge >= 0.3 is 0 Å². The van der Waals surface area contributed by atoms with Crippen molar-refractivity contribution < 1.29 is 58.8 Å². The zero-order chi connectivity index (χ0) is 42.3. The first kappa shape index (κ1) is 40.6. The maximum absolute atomic E-state index is 12.5. The summed E-state index contributed by atoms with van der Waals surface area (Å²) in [7, 11) is -13.6. The minimum Gasteiger partial charge on any atom is -0.505 e. The van der Waals surface area contributed by atoms with Crippen molar-refractivity contribution in [1.82, 2.24) is 0 Å². The lowest BCUT2D eigenvalue weighted by Crippen LogP contribution is -2.01. The molecule has 0 radical (unpaired) electrons. The van der Waals surface area contributed by atoms with Crippen molar-refractivity contribution in [3.8, 4) is 17.2 Å². The molecule has 7 N–H and O–H groups in total. The predicted octanol–water partition coefficient (Wildman–Crippen LogP) is 7.89. The molecule has 0 aliphatic heterocycles. The molecule has 6 rings (SSSR count). The van der Waals surface area contributed by atoms with Crippen LogP contribution in [0.2, 0.25) is 0 Å². The second-order valence-corrected chi connectivity index (χ2v) is 15.9. The number of methoxy groups -OCH3 is 1. The normalized spacial score (nSPS) is 12.7. The van der Waals surface area contributed by atoms with Crippen molar-refractivity contribution in [1.29, 1.82) is 0 Å². The van der Waals surface area contributed by atoms with Gasteiger partial charge in [0.05, 0.1) is 34.5 Å². The van der Waals surface area contributed by atoms with E-state index >= 15 is 0 Å². The number of fused-ring (bicyclic) bond motifs is 2. The standard InChI is InChI=1S/C33H24N8O14S3/c1-55-21-8-5-18(6-9-21)35-40-31-27(58(52,53)54)12-16-2-4-19(14-22(16)32(31)42)36-39-30-26(57(49,50)51)13-17-3-10-24(33(43)28(17)29(30)34)38-37-23-11-7-20(41(44)45)15-25(23)56(46,47)48/h2-15,42-43H,34H2,1H3,(H,46,47,48)(H,49,50,51)(H,52,53,54).